The molecular weight excluding hydrogens is 239 g/mol. The van der Waals surface area contributed by atoms with Gasteiger partial charge in [0.05, 0.1) is 17.5 Å². The fourth-order valence-corrected chi connectivity index (χ4v) is 2.40. The first-order valence-electron chi connectivity index (χ1n) is 6.64. The summed E-state index contributed by atoms with van der Waals surface area (Å²) in [6, 6.07) is 6.09. The number of benzene rings is 1. The average Bonchev–Trinajstić information content (AvgIpc) is 2.84. The number of aryl methyl sites for hydroxylation is 1. The lowest BCUT2D eigenvalue weighted by Gasteiger charge is -2.32. The molecule has 1 saturated heterocycles. The summed E-state index contributed by atoms with van der Waals surface area (Å²) in [4.78, 5) is 0. The maximum absolute atomic E-state index is 6.10. The molecule has 0 radical (unpaired) electrons. The Kier molecular flexibility index (Phi) is 2.60. The maximum Gasteiger partial charge on any atom is 0.495 e. The molecule has 0 amide bonds. The number of fused-ring (bicyclic) bond motifs is 1. The summed E-state index contributed by atoms with van der Waals surface area (Å²) >= 11 is 0. The number of hydrogen-bond acceptors (Lipinski definition) is 3. The number of furan rings is 1. The molecule has 4 heteroatoms. The lowest BCUT2D eigenvalue weighted by Crippen LogP contribution is -2.41. The Balaban J connectivity index is 2.08. The highest BCUT2D eigenvalue weighted by molar-refractivity contribution is 6.65. The molecule has 0 spiro atoms. The summed E-state index contributed by atoms with van der Waals surface area (Å²) in [6.07, 6.45) is 1.71. The zero-order valence-electron chi connectivity index (χ0n) is 12.1. The minimum Gasteiger partial charge on any atom is -0.464 e. The van der Waals surface area contributed by atoms with E-state index in [2.05, 4.69) is 33.8 Å². The zero-order valence-corrected chi connectivity index (χ0v) is 12.1. The van der Waals surface area contributed by atoms with Crippen LogP contribution in [0.4, 0.5) is 0 Å². The monoisotopic (exact) mass is 258 g/mol. The molecule has 3 rings (SSSR count). The molecule has 0 saturated carbocycles. The van der Waals surface area contributed by atoms with Gasteiger partial charge in [-0.2, -0.15) is 0 Å². The largest absolute Gasteiger partial charge is 0.495 e. The predicted octanol–water partition coefficient (Wildman–Crippen LogP) is 3.04. The van der Waals surface area contributed by atoms with E-state index in [0.29, 0.717) is 0 Å². The molecule has 3 nitrogen and oxygen atoms in total. The van der Waals surface area contributed by atoms with Crippen molar-refractivity contribution in [3.8, 4) is 0 Å². The van der Waals surface area contributed by atoms with E-state index in [4.69, 9.17) is 13.7 Å². The Labute approximate surface area is 114 Å². The maximum atomic E-state index is 6.10. The van der Waals surface area contributed by atoms with Crippen molar-refractivity contribution in [2.45, 2.75) is 45.8 Å². The molecule has 19 heavy (non-hydrogen) atoms. The molecule has 2 aromatic rings. The number of rotatable bonds is 1. The van der Waals surface area contributed by atoms with Crippen LogP contribution in [0.15, 0.2) is 28.9 Å². The van der Waals surface area contributed by atoms with Crippen molar-refractivity contribution in [1.29, 1.82) is 0 Å². The fourth-order valence-electron chi connectivity index (χ4n) is 2.40. The van der Waals surface area contributed by atoms with Crippen LogP contribution in [-0.4, -0.2) is 18.3 Å². The van der Waals surface area contributed by atoms with E-state index in [1.54, 1.807) is 6.26 Å². The summed E-state index contributed by atoms with van der Waals surface area (Å²) in [6.45, 7) is 10.3. The molecule has 0 aliphatic carbocycles. The standard InChI is InChI=1S/C15H19BO3/c1-10-6-7-12(11-8-9-17-13(10)11)16-18-14(2,3)15(4,5)19-16/h6-9H,1-5H3. The minimum absolute atomic E-state index is 0.321. The summed E-state index contributed by atoms with van der Waals surface area (Å²) in [5.74, 6) is 0. The molecule has 0 unspecified atom stereocenters. The van der Waals surface area contributed by atoms with Gasteiger partial charge in [0, 0.05) is 5.39 Å². The highest BCUT2D eigenvalue weighted by Crippen LogP contribution is 2.37. The van der Waals surface area contributed by atoms with E-state index in [0.717, 1.165) is 22.0 Å². The lowest BCUT2D eigenvalue weighted by molar-refractivity contribution is 0.00578. The second-order valence-electron chi connectivity index (χ2n) is 6.22. The summed E-state index contributed by atoms with van der Waals surface area (Å²) < 4.78 is 17.7. The van der Waals surface area contributed by atoms with Crippen molar-refractivity contribution >= 4 is 23.6 Å². The van der Waals surface area contributed by atoms with Crippen LogP contribution in [0.1, 0.15) is 33.3 Å². The Morgan fingerprint density at radius 2 is 1.58 bits per heavy atom. The van der Waals surface area contributed by atoms with Crippen molar-refractivity contribution in [1.82, 2.24) is 0 Å². The van der Waals surface area contributed by atoms with Gasteiger partial charge in [0.25, 0.3) is 0 Å². The second-order valence-corrected chi connectivity index (χ2v) is 6.22. The normalized spacial score (nSPS) is 21.2. The molecule has 0 bridgehead atoms. The summed E-state index contributed by atoms with van der Waals surface area (Å²) in [5.41, 5.74) is 2.43. The van der Waals surface area contributed by atoms with E-state index >= 15 is 0 Å². The van der Waals surface area contributed by atoms with Gasteiger partial charge in [-0.15, -0.1) is 0 Å². The SMILES string of the molecule is Cc1ccc(B2OC(C)(C)C(C)(C)O2)c2ccoc12. The van der Waals surface area contributed by atoms with Crippen LogP contribution in [0.5, 0.6) is 0 Å². The zero-order chi connectivity index (χ0) is 13.8. The van der Waals surface area contributed by atoms with Crippen molar-refractivity contribution in [2.75, 3.05) is 0 Å². The van der Waals surface area contributed by atoms with Crippen molar-refractivity contribution in [2.24, 2.45) is 0 Å². The van der Waals surface area contributed by atoms with Crippen LogP contribution in [0.2, 0.25) is 0 Å². The first-order chi connectivity index (χ1) is 8.82. The highest BCUT2D eigenvalue weighted by Gasteiger charge is 2.52. The van der Waals surface area contributed by atoms with Gasteiger partial charge in [-0.25, -0.2) is 0 Å². The van der Waals surface area contributed by atoms with Crippen LogP contribution < -0.4 is 5.46 Å². The molecule has 100 valence electrons. The topological polar surface area (TPSA) is 31.6 Å². The van der Waals surface area contributed by atoms with Crippen molar-refractivity contribution in [3.05, 3.63) is 30.0 Å². The Hall–Kier alpha value is -1.26. The van der Waals surface area contributed by atoms with Crippen LogP contribution in [0.25, 0.3) is 11.0 Å². The molecule has 0 atom stereocenters. The molecule has 0 N–H and O–H groups in total. The molecule has 2 heterocycles. The van der Waals surface area contributed by atoms with Crippen LogP contribution in [0, 0.1) is 6.92 Å². The van der Waals surface area contributed by atoms with E-state index in [-0.39, 0.29) is 18.3 Å². The Bertz CT molecular complexity index is 611. The third kappa shape index (κ3) is 1.82. The molecular formula is C15H19BO3. The third-order valence-corrected chi connectivity index (χ3v) is 4.35. The van der Waals surface area contributed by atoms with E-state index in [9.17, 15) is 0 Å². The van der Waals surface area contributed by atoms with Crippen molar-refractivity contribution < 1.29 is 13.7 Å². The van der Waals surface area contributed by atoms with Crippen LogP contribution in [-0.2, 0) is 9.31 Å². The van der Waals surface area contributed by atoms with Crippen molar-refractivity contribution in [3.63, 3.8) is 0 Å². The molecule has 1 fully saturated rings. The lowest BCUT2D eigenvalue weighted by atomic mass is 9.76. The van der Waals surface area contributed by atoms with Gasteiger partial charge in [-0.05, 0) is 51.7 Å². The Morgan fingerprint density at radius 1 is 0.947 bits per heavy atom. The first-order valence-corrected chi connectivity index (χ1v) is 6.64. The second kappa shape index (κ2) is 3.87. The molecule has 1 aromatic carbocycles. The van der Waals surface area contributed by atoms with Crippen LogP contribution >= 0.6 is 0 Å². The van der Waals surface area contributed by atoms with Crippen LogP contribution in [0.3, 0.4) is 0 Å². The van der Waals surface area contributed by atoms with E-state index < -0.39 is 0 Å². The Morgan fingerprint density at radius 3 is 2.21 bits per heavy atom. The van der Waals surface area contributed by atoms with E-state index in [1.165, 1.54) is 0 Å². The van der Waals surface area contributed by atoms with Gasteiger partial charge >= 0.3 is 7.12 Å². The average molecular weight is 258 g/mol. The molecule has 1 aliphatic rings. The van der Waals surface area contributed by atoms with Gasteiger partial charge in [0.2, 0.25) is 0 Å². The van der Waals surface area contributed by atoms with Gasteiger partial charge in [-0.3, -0.25) is 0 Å². The summed E-state index contributed by atoms with van der Waals surface area (Å²) in [5, 5.41) is 1.07. The first kappa shape index (κ1) is 12.8. The predicted molar refractivity (Wildman–Crippen MR) is 76.7 cm³/mol. The summed E-state index contributed by atoms with van der Waals surface area (Å²) in [7, 11) is -0.342. The minimum atomic E-state index is -0.342. The van der Waals surface area contributed by atoms with Gasteiger partial charge < -0.3 is 13.7 Å². The van der Waals surface area contributed by atoms with Gasteiger partial charge in [-0.1, -0.05) is 12.1 Å². The fraction of sp³-hybridized carbons (Fsp3) is 0.467. The molecule has 1 aromatic heterocycles. The van der Waals surface area contributed by atoms with Gasteiger partial charge in [0.1, 0.15) is 5.58 Å². The quantitative estimate of drug-likeness (QED) is 0.737. The molecule has 1 aliphatic heterocycles. The van der Waals surface area contributed by atoms with E-state index in [1.807, 2.05) is 19.1 Å². The highest BCUT2D eigenvalue weighted by atomic mass is 16.7. The smallest absolute Gasteiger partial charge is 0.464 e. The van der Waals surface area contributed by atoms with Gasteiger partial charge in [0.15, 0.2) is 0 Å². The number of hydrogen-bond donors (Lipinski definition) is 0. The third-order valence-electron chi connectivity index (χ3n) is 4.35.